The molecule has 7 heteroatoms. The highest BCUT2D eigenvalue weighted by atomic mass is 127. The zero-order chi connectivity index (χ0) is 20.1. The molecule has 0 spiro atoms. The molecule has 27 heavy (non-hydrogen) atoms. The molecule has 1 aromatic rings. The van der Waals surface area contributed by atoms with Crippen molar-refractivity contribution < 1.29 is 9.13 Å². The Hall–Kier alpha value is -1.41. The maximum absolute atomic E-state index is 14.1. The molecule has 0 aliphatic rings. The number of rotatable bonds is 12. The fourth-order valence-corrected chi connectivity index (χ4v) is 2.43. The van der Waals surface area contributed by atoms with Crippen molar-refractivity contribution in [1.82, 2.24) is 4.90 Å². The average Bonchev–Trinajstić information content (AvgIpc) is 2.67. The molecule has 0 saturated heterocycles. The number of nitrogens with zero attached hydrogens (tertiary/aromatic N) is 3. The Balaban J connectivity index is 2.56. The van der Waals surface area contributed by atoms with Gasteiger partial charge in [-0.05, 0) is 59.7 Å². The van der Waals surface area contributed by atoms with E-state index in [4.69, 9.17) is 16.3 Å². The molecule has 1 rings (SSSR count). The number of aliphatic imine (C=N–C) groups is 2. The zero-order valence-corrected chi connectivity index (χ0v) is 18.7. The summed E-state index contributed by atoms with van der Waals surface area (Å²) in [7, 11) is 0. The Labute approximate surface area is 180 Å². The molecule has 0 atom stereocenters. The van der Waals surface area contributed by atoms with E-state index in [0.717, 1.165) is 44.1 Å². The summed E-state index contributed by atoms with van der Waals surface area (Å²) in [5.74, 6) is -0.404. The molecule has 0 N–H and O–H groups in total. The molecule has 0 unspecified atom stereocenters. The van der Waals surface area contributed by atoms with Crippen molar-refractivity contribution in [3.63, 3.8) is 0 Å². The van der Waals surface area contributed by atoms with Crippen LogP contribution >= 0.6 is 34.2 Å². The first-order valence-corrected chi connectivity index (χ1v) is 10.4. The monoisotopic (exact) mass is 505 g/mol. The topological polar surface area (TPSA) is 37.2 Å². The molecular formula is C20H26ClFIN3O. The summed E-state index contributed by atoms with van der Waals surface area (Å²) in [4.78, 5) is 10.2. The summed E-state index contributed by atoms with van der Waals surface area (Å²) in [6.07, 6.45) is 5.98. The van der Waals surface area contributed by atoms with Crippen LogP contribution in [0.3, 0.4) is 0 Å². The number of halogens is 3. The Morgan fingerprint density at radius 1 is 1.22 bits per heavy atom. The van der Waals surface area contributed by atoms with Crippen LogP contribution in [0.15, 0.2) is 56.2 Å². The van der Waals surface area contributed by atoms with Gasteiger partial charge in [0.15, 0.2) is 5.83 Å². The third kappa shape index (κ3) is 10.5. The van der Waals surface area contributed by atoms with Gasteiger partial charge in [0.25, 0.3) is 0 Å². The standard InChI is InChI=1S/C20H26ClFIN3O/c1-4-6-12-26(11-5-2)15-25-20(23)19(22)13-24-16(3)27-14-17-7-9-18(21)10-8-17/h7-10,13,15H,3-6,11-12,14H2,1-2H3/b20-19-,24-13?,25-15?. The Morgan fingerprint density at radius 3 is 2.56 bits per heavy atom. The van der Waals surface area contributed by atoms with Crippen LogP contribution in [-0.4, -0.2) is 30.5 Å². The van der Waals surface area contributed by atoms with Gasteiger partial charge in [0.2, 0.25) is 5.88 Å². The van der Waals surface area contributed by atoms with Crippen LogP contribution in [0, 0.1) is 0 Å². The second-order valence-electron chi connectivity index (χ2n) is 5.84. The molecule has 0 aliphatic heterocycles. The van der Waals surface area contributed by atoms with E-state index in [1.807, 2.05) is 34.7 Å². The molecule has 0 amide bonds. The van der Waals surface area contributed by atoms with Gasteiger partial charge in [-0.2, -0.15) is 0 Å². The molecule has 0 aromatic heterocycles. The first kappa shape index (κ1) is 23.6. The van der Waals surface area contributed by atoms with E-state index in [1.54, 1.807) is 18.5 Å². The molecule has 1 aromatic carbocycles. The van der Waals surface area contributed by atoms with E-state index >= 15 is 0 Å². The SMILES string of the molecule is C=C(N=C/C(F)=C(\I)N=CN(CCC)CCCC)OCc1ccc(Cl)cc1. The third-order valence-corrected chi connectivity index (χ3v) is 4.53. The van der Waals surface area contributed by atoms with Crippen LogP contribution in [0.4, 0.5) is 4.39 Å². The Morgan fingerprint density at radius 2 is 1.93 bits per heavy atom. The fraction of sp³-hybridized carbons (Fsp3) is 0.400. The smallest absolute Gasteiger partial charge is 0.206 e. The van der Waals surface area contributed by atoms with Crippen LogP contribution in [0.25, 0.3) is 0 Å². The van der Waals surface area contributed by atoms with Crippen LogP contribution in [-0.2, 0) is 11.3 Å². The Bertz CT molecular complexity index is 674. The lowest BCUT2D eigenvalue weighted by Gasteiger charge is -2.17. The molecule has 0 heterocycles. The van der Waals surface area contributed by atoms with Gasteiger partial charge in [-0.1, -0.05) is 44.0 Å². The van der Waals surface area contributed by atoms with Gasteiger partial charge in [-0.15, -0.1) is 0 Å². The summed E-state index contributed by atoms with van der Waals surface area (Å²) < 4.78 is 19.8. The normalized spacial score (nSPS) is 12.5. The highest BCUT2D eigenvalue weighted by Gasteiger charge is 2.02. The van der Waals surface area contributed by atoms with E-state index in [1.165, 1.54) is 0 Å². The van der Waals surface area contributed by atoms with Crippen LogP contribution in [0.5, 0.6) is 0 Å². The minimum atomic E-state index is -0.532. The number of hydrogen-bond donors (Lipinski definition) is 0. The molecule has 0 fully saturated rings. The maximum Gasteiger partial charge on any atom is 0.206 e. The van der Waals surface area contributed by atoms with Crippen molar-refractivity contribution in [2.75, 3.05) is 13.1 Å². The van der Waals surface area contributed by atoms with Crippen molar-refractivity contribution in [2.45, 2.75) is 39.7 Å². The fourth-order valence-electron chi connectivity index (χ4n) is 2.04. The summed E-state index contributed by atoms with van der Waals surface area (Å²) in [5, 5.41) is 0.658. The predicted octanol–water partition coefficient (Wildman–Crippen LogP) is 6.51. The zero-order valence-electron chi connectivity index (χ0n) is 15.8. The Kier molecular flexibility index (Phi) is 12.0. The van der Waals surface area contributed by atoms with Crippen LogP contribution in [0.1, 0.15) is 38.7 Å². The van der Waals surface area contributed by atoms with E-state index in [2.05, 4.69) is 35.3 Å². The maximum atomic E-state index is 14.1. The number of ether oxygens (including phenoxy) is 1. The second kappa shape index (κ2) is 13.7. The van der Waals surface area contributed by atoms with Gasteiger partial charge in [0.1, 0.15) is 10.3 Å². The minimum Gasteiger partial charge on any atom is -0.473 e. The largest absolute Gasteiger partial charge is 0.473 e. The summed E-state index contributed by atoms with van der Waals surface area (Å²) in [5.41, 5.74) is 0.925. The molecular weight excluding hydrogens is 480 g/mol. The molecule has 0 saturated carbocycles. The van der Waals surface area contributed by atoms with Gasteiger partial charge in [-0.25, -0.2) is 14.4 Å². The van der Waals surface area contributed by atoms with E-state index in [0.29, 0.717) is 5.02 Å². The van der Waals surface area contributed by atoms with E-state index < -0.39 is 5.83 Å². The minimum absolute atomic E-state index is 0.129. The van der Waals surface area contributed by atoms with Crippen molar-refractivity contribution in [3.05, 3.63) is 56.8 Å². The van der Waals surface area contributed by atoms with Gasteiger partial charge in [-0.3, -0.25) is 0 Å². The van der Waals surface area contributed by atoms with Gasteiger partial charge in [0, 0.05) is 18.1 Å². The van der Waals surface area contributed by atoms with Gasteiger partial charge in [0.05, 0.1) is 12.6 Å². The lowest BCUT2D eigenvalue weighted by molar-refractivity contribution is 0.198. The molecule has 148 valence electrons. The third-order valence-electron chi connectivity index (χ3n) is 3.48. The van der Waals surface area contributed by atoms with Crippen molar-refractivity contribution in [2.24, 2.45) is 9.98 Å². The number of allylic oxidation sites excluding steroid dienone is 1. The van der Waals surface area contributed by atoms with E-state index in [-0.39, 0.29) is 16.2 Å². The summed E-state index contributed by atoms with van der Waals surface area (Å²) in [6.45, 7) is 10.0. The lowest BCUT2D eigenvalue weighted by Crippen LogP contribution is -2.24. The van der Waals surface area contributed by atoms with Gasteiger partial charge < -0.3 is 9.64 Å². The molecule has 0 radical (unpaired) electrons. The van der Waals surface area contributed by atoms with E-state index in [9.17, 15) is 4.39 Å². The molecule has 0 bridgehead atoms. The molecule has 4 nitrogen and oxygen atoms in total. The summed E-state index contributed by atoms with van der Waals surface area (Å²) in [6, 6.07) is 7.24. The predicted molar refractivity (Wildman–Crippen MR) is 121 cm³/mol. The second-order valence-corrected chi connectivity index (χ2v) is 7.30. The quantitative estimate of drug-likeness (QED) is 0.107. The summed E-state index contributed by atoms with van der Waals surface area (Å²) >= 11 is 7.69. The van der Waals surface area contributed by atoms with Crippen molar-refractivity contribution in [1.29, 1.82) is 0 Å². The number of unbranched alkanes of at least 4 members (excludes halogenated alkanes) is 1. The highest BCUT2D eigenvalue weighted by Crippen LogP contribution is 2.15. The molecule has 0 aliphatic carbocycles. The number of hydrogen-bond acceptors (Lipinski definition) is 3. The van der Waals surface area contributed by atoms with Crippen molar-refractivity contribution in [3.8, 4) is 0 Å². The highest BCUT2D eigenvalue weighted by molar-refractivity contribution is 14.1. The number of benzene rings is 1. The van der Waals surface area contributed by atoms with Crippen molar-refractivity contribution >= 4 is 46.7 Å². The first-order chi connectivity index (χ1) is 13.0. The first-order valence-electron chi connectivity index (χ1n) is 8.90. The van der Waals surface area contributed by atoms with Crippen LogP contribution < -0.4 is 0 Å². The average molecular weight is 506 g/mol. The van der Waals surface area contributed by atoms with Crippen LogP contribution in [0.2, 0.25) is 5.02 Å². The van der Waals surface area contributed by atoms with Gasteiger partial charge >= 0.3 is 0 Å². The lowest BCUT2D eigenvalue weighted by atomic mass is 10.2.